The largest absolute Gasteiger partial charge is 0.340 e. The predicted octanol–water partition coefficient (Wildman–Crippen LogP) is 0.481. The molecule has 1 amide bonds. The summed E-state index contributed by atoms with van der Waals surface area (Å²) in [6.45, 7) is 7.32. The molecule has 0 spiro atoms. The molecule has 3 nitrogen and oxygen atoms in total. The van der Waals surface area contributed by atoms with Crippen molar-refractivity contribution in [1.29, 1.82) is 0 Å². The van der Waals surface area contributed by atoms with Crippen LogP contribution in [-0.4, -0.2) is 18.1 Å². The van der Waals surface area contributed by atoms with Gasteiger partial charge in [0, 0.05) is 13.0 Å². The summed E-state index contributed by atoms with van der Waals surface area (Å²) in [6, 6.07) is 0.279. The van der Waals surface area contributed by atoms with Crippen LogP contribution in [0.2, 0.25) is 0 Å². The van der Waals surface area contributed by atoms with E-state index in [4.69, 9.17) is 0 Å². The second-order valence-corrected chi connectivity index (χ2v) is 2.62. The van der Waals surface area contributed by atoms with E-state index < -0.39 is 0 Å². The highest BCUT2D eigenvalue weighted by molar-refractivity contribution is 5.73. The smallest absolute Gasteiger partial charge is 0.218 e. The van der Waals surface area contributed by atoms with Gasteiger partial charge in [0.1, 0.15) is 0 Å². The minimum Gasteiger partial charge on any atom is -0.340 e. The predicted molar refractivity (Wildman–Crippen MR) is 40.5 cm³/mol. The van der Waals surface area contributed by atoms with Crippen molar-refractivity contribution in [3.05, 3.63) is 0 Å². The molecule has 10 heavy (non-hydrogen) atoms. The molecule has 0 aliphatic rings. The Morgan fingerprint density at radius 3 is 2.20 bits per heavy atom. The summed E-state index contributed by atoms with van der Waals surface area (Å²) < 4.78 is 0. The molecule has 0 aromatic heterocycles. The molecule has 0 aromatic carbocycles. The molecular weight excluding hydrogens is 128 g/mol. The zero-order valence-corrected chi connectivity index (χ0v) is 7.01. The summed E-state index contributed by atoms with van der Waals surface area (Å²) in [6.07, 6.45) is -0.0579. The number of hydrogen-bond acceptors (Lipinski definition) is 1. The second-order valence-electron chi connectivity index (χ2n) is 2.62. The quantitative estimate of drug-likeness (QED) is 0.613. The average molecular weight is 143 g/mol. The monoisotopic (exact) mass is 143 g/mol. The van der Waals surface area contributed by atoms with Crippen LogP contribution in [0, 0.1) is 0 Å². The Bertz CT molecular complexity index is 112. The minimum atomic E-state index is -0.0579. The van der Waals surface area contributed by atoms with Crippen molar-refractivity contribution < 1.29 is 4.79 Å². The Hall–Kier alpha value is -0.570. The fourth-order valence-electron chi connectivity index (χ4n) is 0.779. The summed E-state index contributed by atoms with van der Waals surface area (Å²) >= 11 is 0. The van der Waals surface area contributed by atoms with Crippen molar-refractivity contribution in [2.45, 2.75) is 39.9 Å². The van der Waals surface area contributed by atoms with E-state index in [0.29, 0.717) is 0 Å². The van der Waals surface area contributed by atoms with Crippen LogP contribution in [0.1, 0.15) is 27.7 Å². The lowest BCUT2D eigenvalue weighted by Gasteiger charge is -2.14. The standard InChI is InChI=1S/C7H15N2O/c1-5(2)8-6(3)9-7(4)10/h5-6H,1-4H3,(H,9,10). The van der Waals surface area contributed by atoms with Gasteiger partial charge in [-0.25, -0.2) is 5.32 Å². The van der Waals surface area contributed by atoms with Gasteiger partial charge in [0.05, 0.1) is 6.17 Å². The number of carbonyl (C=O) groups excluding carboxylic acids is 1. The molecule has 1 N–H and O–H groups in total. The van der Waals surface area contributed by atoms with Crippen LogP contribution in [0.15, 0.2) is 0 Å². The minimum absolute atomic E-state index is 0.0306. The molecule has 0 aliphatic heterocycles. The number of carbonyl (C=O) groups is 1. The van der Waals surface area contributed by atoms with Crippen molar-refractivity contribution >= 4 is 5.91 Å². The van der Waals surface area contributed by atoms with Crippen molar-refractivity contribution in [3.63, 3.8) is 0 Å². The number of amides is 1. The van der Waals surface area contributed by atoms with Crippen molar-refractivity contribution in [2.75, 3.05) is 0 Å². The van der Waals surface area contributed by atoms with Gasteiger partial charge in [-0.15, -0.1) is 0 Å². The fourth-order valence-corrected chi connectivity index (χ4v) is 0.779. The van der Waals surface area contributed by atoms with Gasteiger partial charge in [0.15, 0.2) is 0 Å². The first-order valence-corrected chi connectivity index (χ1v) is 3.49. The molecule has 0 heterocycles. The Morgan fingerprint density at radius 2 is 1.90 bits per heavy atom. The number of nitrogens with one attached hydrogen (secondary N) is 1. The molecule has 1 atom stereocenters. The first-order valence-electron chi connectivity index (χ1n) is 3.49. The fraction of sp³-hybridized carbons (Fsp3) is 0.857. The van der Waals surface area contributed by atoms with Crippen molar-refractivity contribution in [1.82, 2.24) is 10.6 Å². The van der Waals surface area contributed by atoms with Gasteiger partial charge in [-0.1, -0.05) is 0 Å². The van der Waals surface area contributed by atoms with Crippen LogP contribution in [0.4, 0.5) is 0 Å². The zero-order chi connectivity index (χ0) is 8.15. The van der Waals surface area contributed by atoms with Crippen LogP contribution in [0.3, 0.4) is 0 Å². The summed E-state index contributed by atoms with van der Waals surface area (Å²) in [5.41, 5.74) is 0. The third kappa shape index (κ3) is 5.56. The maximum Gasteiger partial charge on any atom is 0.218 e. The van der Waals surface area contributed by atoms with E-state index in [9.17, 15) is 4.79 Å². The van der Waals surface area contributed by atoms with E-state index in [0.717, 1.165) is 0 Å². The van der Waals surface area contributed by atoms with Crippen LogP contribution in [0.25, 0.3) is 0 Å². The Morgan fingerprint density at radius 1 is 1.40 bits per heavy atom. The maximum atomic E-state index is 10.5. The lowest BCUT2D eigenvalue weighted by Crippen LogP contribution is -2.40. The highest BCUT2D eigenvalue weighted by atomic mass is 16.1. The summed E-state index contributed by atoms with van der Waals surface area (Å²) in [5.74, 6) is -0.0306. The van der Waals surface area contributed by atoms with Gasteiger partial charge in [0.2, 0.25) is 5.91 Å². The highest BCUT2D eigenvalue weighted by Crippen LogP contribution is 1.84. The SMILES string of the molecule is CC(=O)NC(C)[N]C(C)C. The van der Waals surface area contributed by atoms with Gasteiger partial charge in [-0.2, -0.15) is 0 Å². The van der Waals surface area contributed by atoms with Crippen LogP contribution in [0.5, 0.6) is 0 Å². The van der Waals surface area contributed by atoms with Crippen LogP contribution >= 0.6 is 0 Å². The van der Waals surface area contributed by atoms with Crippen LogP contribution < -0.4 is 10.6 Å². The maximum absolute atomic E-state index is 10.5. The lowest BCUT2D eigenvalue weighted by molar-refractivity contribution is -0.119. The Balaban J connectivity index is 3.43. The Kier molecular flexibility index (Phi) is 4.03. The van der Waals surface area contributed by atoms with E-state index in [1.54, 1.807) is 0 Å². The molecule has 0 aliphatic carbocycles. The van der Waals surface area contributed by atoms with Crippen molar-refractivity contribution in [2.24, 2.45) is 0 Å². The summed E-state index contributed by atoms with van der Waals surface area (Å²) in [7, 11) is 0. The molecule has 0 fully saturated rings. The third-order valence-electron chi connectivity index (χ3n) is 0.934. The molecule has 59 valence electrons. The third-order valence-corrected chi connectivity index (χ3v) is 0.934. The second kappa shape index (κ2) is 4.28. The van der Waals surface area contributed by atoms with E-state index in [1.165, 1.54) is 6.92 Å². The first-order chi connectivity index (χ1) is 4.52. The number of nitrogens with zero attached hydrogens (tertiary/aromatic N) is 1. The Labute approximate surface area is 62.2 Å². The zero-order valence-electron chi connectivity index (χ0n) is 7.01. The van der Waals surface area contributed by atoms with E-state index in [-0.39, 0.29) is 18.1 Å². The number of rotatable bonds is 3. The van der Waals surface area contributed by atoms with E-state index in [2.05, 4.69) is 10.6 Å². The van der Waals surface area contributed by atoms with Gasteiger partial charge in [-0.3, -0.25) is 4.79 Å². The number of hydrogen-bond donors (Lipinski definition) is 1. The highest BCUT2D eigenvalue weighted by Gasteiger charge is 2.04. The molecule has 0 saturated carbocycles. The van der Waals surface area contributed by atoms with Gasteiger partial charge < -0.3 is 5.32 Å². The molecule has 0 saturated heterocycles. The molecule has 1 unspecified atom stereocenters. The van der Waals surface area contributed by atoms with Gasteiger partial charge in [0.25, 0.3) is 0 Å². The van der Waals surface area contributed by atoms with Gasteiger partial charge in [-0.05, 0) is 20.8 Å². The molecule has 1 radical (unpaired) electrons. The lowest BCUT2D eigenvalue weighted by atomic mass is 10.4. The van der Waals surface area contributed by atoms with Gasteiger partial charge >= 0.3 is 0 Å². The molecule has 0 rings (SSSR count). The first kappa shape index (κ1) is 9.43. The average Bonchev–Trinajstić information content (AvgIpc) is 1.58. The van der Waals surface area contributed by atoms with Crippen molar-refractivity contribution in [3.8, 4) is 0 Å². The van der Waals surface area contributed by atoms with E-state index >= 15 is 0 Å². The molecule has 0 bridgehead atoms. The molecule has 3 heteroatoms. The normalized spacial score (nSPS) is 13.3. The summed E-state index contributed by atoms with van der Waals surface area (Å²) in [4.78, 5) is 10.5. The topological polar surface area (TPSA) is 43.2 Å². The van der Waals surface area contributed by atoms with E-state index in [1.807, 2.05) is 20.8 Å². The summed E-state index contributed by atoms with van der Waals surface area (Å²) in [5, 5.41) is 6.85. The molecule has 0 aromatic rings. The van der Waals surface area contributed by atoms with Crippen LogP contribution in [-0.2, 0) is 4.79 Å². The molecular formula is C7H15N2O.